The molecule has 0 aromatic heterocycles. The lowest BCUT2D eigenvalue weighted by molar-refractivity contribution is -0.126. The predicted octanol–water partition coefficient (Wildman–Crippen LogP) is 6.39. The van der Waals surface area contributed by atoms with E-state index >= 15 is 0 Å². The Morgan fingerprint density at radius 1 is 0.839 bits per heavy atom. The lowest BCUT2D eigenvalue weighted by Crippen LogP contribution is -2.47. The van der Waals surface area contributed by atoms with Gasteiger partial charge in [-0.2, -0.15) is 0 Å². The number of carbonyl (C=O) groups is 1. The van der Waals surface area contributed by atoms with Crippen molar-refractivity contribution >= 4 is 29.0 Å². The Morgan fingerprint density at radius 2 is 1.48 bits per heavy atom. The molecular weight excluding hydrogens is 425 g/mol. The second-order valence-corrected chi connectivity index (χ2v) is 9.72. The maximum atomic E-state index is 13.1. The van der Waals surface area contributed by atoms with Gasteiger partial charge in [-0.05, 0) is 53.3 Å². The Kier molecular flexibility index (Phi) is 5.64. The lowest BCUT2D eigenvalue weighted by Gasteiger charge is -2.46. The molecular formula is C27H25Cl2NO. The van der Waals surface area contributed by atoms with Gasteiger partial charge in [0.15, 0.2) is 0 Å². The second-order valence-electron chi connectivity index (χ2n) is 8.85. The molecule has 5 rings (SSSR count). The summed E-state index contributed by atoms with van der Waals surface area (Å²) in [4.78, 5) is 15.5. The molecule has 1 aliphatic carbocycles. The van der Waals surface area contributed by atoms with Crippen molar-refractivity contribution in [2.24, 2.45) is 11.8 Å². The Bertz CT molecular complexity index is 1050. The highest BCUT2D eigenvalue weighted by Gasteiger charge is 2.54. The molecule has 2 unspecified atom stereocenters. The number of fused-ring (bicyclic) bond motifs is 1. The van der Waals surface area contributed by atoms with Crippen molar-refractivity contribution in [2.45, 2.75) is 24.8 Å². The zero-order valence-corrected chi connectivity index (χ0v) is 18.8. The van der Waals surface area contributed by atoms with E-state index in [1.165, 1.54) is 16.7 Å². The molecule has 1 saturated carbocycles. The molecule has 0 radical (unpaired) electrons. The van der Waals surface area contributed by atoms with Crippen molar-refractivity contribution in [1.29, 1.82) is 0 Å². The Morgan fingerprint density at radius 3 is 2.10 bits per heavy atom. The molecule has 0 bridgehead atoms. The van der Waals surface area contributed by atoms with Crippen LogP contribution in [0.25, 0.3) is 0 Å². The van der Waals surface area contributed by atoms with Crippen molar-refractivity contribution < 1.29 is 4.79 Å². The molecule has 2 nitrogen and oxygen atoms in total. The molecule has 1 saturated heterocycles. The quantitative estimate of drug-likeness (QED) is 0.459. The van der Waals surface area contributed by atoms with Crippen LogP contribution in [-0.2, 0) is 16.8 Å². The fourth-order valence-corrected chi connectivity index (χ4v) is 6.17. The molecule has 1 aliphatic heterocycles. The third-order valence-electron chi connectivity index (χ3n) is 7.14. The Labute approximate surface area is 193 Å². The van der Waals surface area contributed by atoms with E-state index in [9.17, 15) is 4.79 Å². The van der Waals surface area contributed by atoms with Crippen molar-refractivity contribution in [3.63, 3.8) is 0 Å². The zero-order chi connectivity index (χ0) is 21.4. The Hall–Kier alpha value is -2.13. The van der Waals surface area contributed by atoms with Crippen LogP contribution in [-0.4, -0.2) is 23.8 Å². The highest BCUT2D eigenvalue weighted by molar-refractivity contribution is 6.31. The van der Waals surface area contributed by atoms with E-state index in [0.717, 1.165) is 36.1 Å². The van der Waals surface area contributed by atoms with Crippen molar-refractivity contribution in [2.75, 3.05) is 13.1 Å². The molecule has 0 amide bonds. The standard InChI is InChI=1S/C27H25Cl2NO/c28-22-10-4-8-20(14-22)27(21-9-5-11-23(29)15-21)13-12-26(31)24-17-30(18-25(24)27)16-19-6-2-1-3-7-19/h1-11,14-15,24-25H,12-13,16-18H2. The van der Waals surface area contributed by atoms with E-state index in [1.54, 1.807) is 0 Å². The Balaban J connectivity index is 1.60. The van der Waals surface area contributed by atoms with E-state index in [-0.39, 0.29) is 17.3 Å². The van der Waals surface area contributed by atoms with Crippen LogP contribution >= 0.6 is 23.2 Å². The van der Waals surface area contributed by atoms with Gasteiger partial charge in [0.2, 0.25) is 0 Å². The molecule has 2 fully saturated rings. The number of rotatable bonds is 4. The fourth-order valence-electron chi connectivity index (χ4n) is 5.79. The summed E-state index contributed by atoms with van der Waals surface area (Å²) in [6.07, 6.45) is 1.37. The van der Waals surface area contributed by atoms with Gasteiger partial charge in [0.05, 0.1) is 0 Å². The molecule has 3 aromatic carbocycles. The summed E-state index contributed by atoms with van der Waals surface area (Å²) in [5.74, 6) is 0.602. The van der Waals surface area contributed by atoms with Gasteiger partial charge in [0.1, 0.15) is 5.78 Å². The number of Topliss-reactive ketones (excluding diaryl/α,β-unsaturated/α-hetero) is 1. The summed E-state index contributed by atoms with van der Waals surface area (Å²) in [6.45, 7) is 2.55. The number of benzene rings is 3. The van der Waals surface area contributed by atoms with Gasteiger partial charge >= 0.3 is 0 Å². The molecule has 0 spiro atoms. The number of ketones is 1. The molecule has 158 valence electrons. The summed E-state index contributed by atoms with van der Waals surface area (Å²) < 4.78 is 0. The van der Waals surface area contributed by atoms with Gasteiger partial charge < -0.3 is 0 Å². The van der Waals surface area contributed by atoms with Crippen LogP contribution in [0.1, 0.15) is 29.5 Å². The fraction of sp³-hybridized carbons (Fsp3) is 0.296. The number of halogens is 2. The molecule has 4 heteroatoms. The van der Waals surface area contributed by atoms with Crippen LogP contribution in [0.2, 0.25) is 10.0 Å². The van der Waals surface area contributed by atoms with Crippen LogP contribution in [0.15, 0.2) is 78.9 Å². The van der Waals surface area contributed by atoms with Crippen molar-refractivity contribution in [1.82, 2.24) is 4.90 Å². The number of likely N-dealkylation sites (tertiary alicyclic amines) is 1. The number of nitrogens with zero attached hydrogens (tertiary/aromatic N) is 1. The average molecular weight is 450 g/mol. The maximum Gasteiger partial charge on any atom is 0.137 e. The van der Waals surface area contributed by atoms with E-state index in [4.69, 9.17) is 23.2 Å². The minimum atomic E-state index is -0.278. The zero-order valence-electron chi connectivity index (χ0n) is 17.3. The topological polar surface area (TPSA) is 20.3 Å². The van der Waals surface area contributed by atoms with E-state index < -0.39 is 0 Å². The number of hydrogen-bond acceptors (Lipinski definition) is 2. The average Bonchev–Trinajstić information content (AvgIpc) is 3.20. The maximum absolute atomic E-state index is 13.1. The summed E-state index contributed by atoms with van der Waals surface area (Å²) in [5.41, 5.74) is 3.38. The second kappa shape index (κ2) is 8.43. The highest BCUT2D eigenvalue weighted by atomic mass is 35.5. The molecule has 0 N–H and O–H groups in total. The van der Waals surface area contributed by atoms with Crippen LogP contribution in [0, 0.1) is 11.8 Å². The van der Waals surface area contributed by atoms with Gasteiger partial charge in [0.25, 0.3) is 0 Å². The molecule has 2 aliphatic rings. The smallest absolute Gasteiger partial charge is 0.137 e. The number of hydrogen-bond donors (Lipinski definition) is 0. The molecule has 3 aromatic rings. The van der Waals surface area contributed by atoms with Crippen molar-refractivity contribution in [3.8, 4) is 0 Å². The van der Waals surface area contributed by atoms with Crippen LogP contribution in [0.3, 0.4) is 0 Å². The first-order valence-electron chi connectivity index (χ1n) is 10.9. The van der Waals surface area contributed by atoms with Gasteiger partial charge in [0, 0.05) is 47.4 Å². The van der Waals surface area contributed by atoms with Crippen molar-refractivity contribution in [3.05, 3.63) is 106 Å². The van der Waals surface area contributed by atoms with Gasteiger partial charge in [-0.15, -0.1) is 0 Å². The molecule has 31 heavy (non-hydrogen) atoms. The normalized spacial score (nSPS) is 23.0. The summed E-state index contributed by atoms with van der Waals surface area (Å²) in [5, 5.41) is 1.46. The third kappa shape index (κ3) is 3.82. The lowest BCUT2D eigenvalue weighted by atomic mass is 9.56. The first-order chi connectivity index (χ1) is 15.1. The minimum Gasteiger partial charge on any atom is -0.299 e. The summed E-state index contributed by atoms with van der Waals surface area (Å²) in [6, 6.07) is 26.9. The predicted molar refractivity (Wildman–Crippen MR) is 127 cm³/mol. The van der Waals surface area contributed by atoms with Crippen LogP contribution in [0.4, 0.5) is 0 Å². The molecule has 2 atom stereocenters. The third-order valence-corrected chi connectivity index (χ3v) is 7.61. The largest absolute Gasteiger partial charge is 0.299 e. The van der Waals surface area contributed by atoms with Gasteiger partial charge in [-0.3, -0.25) is 9.69 Å². The van der Waals surface area contributed by atoms with Crippen LogP contribution < -0.4 is 0 Å². The minimum absolute atomic E-state index is 0.0235. The molecule has 1 heterocycles. The summed E-state index contributed by atoms with van der Waals surface area (Å²) in [7, 11) is 0. The van der Waals surface area contributed by atoms with E-state index in [0.29, 0.717) is 12.2 Å². The van der Waals surface area contributed by atoms with E-state index in [1.807, 2.05) is 30.3 Å². The summed E-state index contributed by atoms with van der Waals surface area (Å²) >= 11 is 12.9. The first kappa shape index (κ1) is 20.8. The monoisotopic (exact) mass is 449 g/mol. The highest BCUT2D eigenvalue weighted by Crippen LogP contribution is 2.53. The SMILES string of the molecule is O=C1CCC(c2cccc(Cl)c2)(c2cccc(Cl)c2)C2CN(Cc3ccccc3)CC12. The number of carbonyl (C=O) groups excluding carboxylic acids is 1. The van der Waals surface area contributed by atoms with Crippen LogP contribution in [0.5, 0.6) is 0 Å². The van der Waals surface area contributed by atoms with E-state index in [2.05, 4.69) is 53.4 Å². The van der Waals surface area contributed by atoms with Gasteiger partial charge in [-0.1, -0.05) is 77.8 Å². The van der Waals surface area contributed by atoms with Gasteiger partial charge in [-0.25, -0.2) is 0 Å². The first-order valence-corrected chi connectivity index (χ1v) is 11.6.